The highest BCUT2D eigenvalue weighted by atomic mass is 32.1. The third-order valence-electron chi connectivity index (χ3n) is 2.12. The van der Waals surface area contributed by atoms with E-state index in [4.69, 9.17) is 23.2 Å². The van der Waals surface area contributed by atoms with E-state index in [0.717, 1.165) is 16.7 Å². The van der Waals surface area contributed by atoms with Gasteiger partial charge in [0.2, 0.25) is 0 Å². The van der Waals surface area contributed by atoms with E-state index in [1.165, 1.54) is 0 Å². The van der Waals surface area contributed by atoms with E-state index in [1.54, 1.807) is 6.08 Å². The van der Waals surface area contributed by atoms with E-state index in [9.17, 15) is 0 Å². The lowest BCUT2D eigenvalue weighted by molar-refractivity contribution is 1.37. The fourth-order valence-corrected chi connectivity index (χ4v) is 1.33. The van der Waals surface area contributed by atoms with Crippen LogP contribution in [0.2, 0.25) is 0 Å². The van der Waals surface area contributed by atoms with Gasteiger partial charge in [0.1, 0.15) is 11.1 Å². The van der Waals surface area contributed by atoms with E-state index in [2.05, 4.69) is 0 Å². The monoisotopic (exact) mass is 216 g/mol. The van der Waals surface area contributed by atoms with Gasteiger partial charge in [0.05, 0.1) is 5.57 Å². The highest BCUT2D eigenvalue weighted by Crippen LogP contribution is 2.14. The highest BCUT2D eigenvalue weighted by Gasteiger charge is 2.01. The Hall–Kier alpha value is -1.66. The first-order chi connectivity index (χ1) is 7.04. The van der Waals surface area contributed by atoms with Gasteiger partial charge in [0, 0.05) is 0 Å². The van der Waals surface area contributed by atoms with Gasteiger partial charge >= 0.3 is 0 Å². The largest absolute Gasteiger partial charge is 0.389 e. The van der Waals surface area contributed by atoms with Crippen LogP contribution in [0, 0.1) is 25.2 Å². The fraction of sp³-hybridized carbons (Fsp3) is 0.167. The molecule has 0 saturated heterocycles. The van der Waals surface area contributed by atoms with Gasteiger partial charge in [0.25, 0.3) is 0 Å². The zero-order valence-corrected chi connectivity index (χ0v) is 9.56. The zero-order valence-electron chi connectivity index (χ0n) is 8.74. The number of hydrogen-bond acceptors (Lipinski definition) is 2. The minimum atomic E-state index is 0.137. The molecule has 2 N–H and O–H groups in total. The van der Waals surface area contributed by atoms with E-state index >= 15 is 0 Å². The van der Waals surface area contributed by atoms with Crippen LogP contribution >= 0.6 is 12.2 Å². The van der Waals surface area contributed by atoms with Crippen LogP contribution in [0.1, 0.15) is 16.7 Å². The lowest BCUT2D eigenvalue weighted by Crippen LogP contribution is -2.09. The number of nitrogens with two attached hydrogens (primary N) is 1. The van der Waals surface area contributed by atoms with Gasteiger partial charge in [-0.25, -0.2) is 0 Å². The molecule has 0 aliphatic heterocycles. The van der Waals surface area contributed by atoms with Crippen molar-refractivity contribution < 1.29 is 0 Å². The Kier molecular flexibility index (Phi) is 3.59. The molecule has 2 nitrogen and oxygen atoms in total. The molecular weight excluding hydrogens is 204 g/mol. The fourth-order valence-electron chi connectivity index (χ4n) is 1.23. The van der Waals surface area contributed by atoms with Crippen molar-refractivity contribution >= 4 is 23.3 Å². The molecule has 0 bridgehead atoms. The van der Waals surface area contributed by atoms with Crippen molar-refractivity contribution in [3.05, 3.63) is 40.5 Å². The number of benzene rings is 1. The molecule has 0 fully saturated rings. The Labute approximate surface area is 95.0 Å². The minimum Gasteiger partial charge on any atom is -0.389 e. The molecule has 76 valence electrons. The summed E-state index contributed by atoms with van der Waals surface area (Å²) >= 11 is 4.78. The van der Waals surface area contributed by atoms with Crippen LogP contribution in [0.5, 0.6) is 0 Å². The van der Waals surface area contributed by atoms with Crippen LogP contribution in [-0.2, 0) is 0 Å². The summed E-state index contributed by atoms with van der Waals surface area (Å²) in [7, 11) is 0. The van der Waals surface area contributed by atoms with Crippen LogP contribution in [-0.4, -0.2) is 4.99 Å². The maximum Gasteiger partial charge on any atom is 0.114 e. The smallest absolute Gasteiger partial charge is 0.114 e. The molecular formula is C12H12N2S. The predicted octanol–water partition coefficient (Wildman–Crippen LogP) is 2.50. The molecule has 0 amide bonds. The molecule has 0 saturated carbocycles. The predicted molar refractivity (Wildman–Crippen MR) is 66.3 cm³/mol. The summed E-state index contributed by atoms with van der Waals surface area (Å²) in [6.45, 7) is 3.99. The first kappa shape index (κ1) is 11.4. The van der Waals surface area contributed by atoms with Crippen molar-refractivity contribution in [3.8, 4) is 6.07 Å². The van der Waals surface area contributed by atoms with Crippen molar-refractivity contribution in [1.82, 2.24) is 0 Å². The number of aryl methyl sites for hydroxylation is 2. The van der Waals surface area contributed by atoms with E-state index < -0.39 is 0 Å². The number of thiocarbonyl (C=S) groups is 1. The topological polar surface area (TPSA) is 49.8 Å². The first-order valence-corrected chi connectivity index (χ1v) is 4.94. The van der Waals surface area contributed by atoms with Crippen LogP contribution in [0.25, 0.3) is 6.08 Å². The zero-order chi connectivity index (χ0) is 11.4. The Morgan fingerprint density at radius 2 is 2.13 bits per heavy atom. The van der Waals surface area contributed by atoms with Gasteiger partial charge < -0.3 is 5.73 Å². The molecule has 0 unspecified atom stereocenters. The summed E-state index contributed by atoms with van der Waals surface area (Å²) in [6, 6.07) is 8.03. The Morgan fingerprint density at radius 3 is 2.67 bits per heavy atom. The van der Waals surface area contributed by atoms with E-state index in [1.807, 2.05) is 38.1 Å². The van der Waals surface area contributed by atoms with Crippen molar-refractivity contribution in [3.63, 3.8) is 0 Å². The molecule has 15 heavy (non-hydrogen) atoms. The number of nitriles is 1. The molecule has 0 spiro atoms. The quantitative estimate of drug-likeness (QED) is 0.469. The summed E-state index contributed by atoms with van der Waals surface area (Å²) in [4.78, 5) is 0.137. The van der Waals surface area contributed by atoms with Crippen LogP contribution in [0.3, 0.4) is 0 Å². The molecule has 0 radical (unpaired) electrons. The van der Waals surface area contributed by atoms with Crippen molar-refractivity contribution in [2.75, 3.05) is 0 Å². The average molecular weight is 216 g/mol. The summed E-state index contributed by atoms with van der Waals surface area (Å²) < 4.78 is 0. The Morgan fingerprint density at radius 1 is 1.47 bits per heavy atom. The summed E-state index contributed by atoms with van der Waals surface area (Å²) in [5, 5.41) is 8.83. The SMILES string of the molecule is Cc1ccc(C)c(C=C(C#N)C(N)=S)c1. The molecule has 1 aromatic carbocycles. The second-order valence-electron chi connectivity index (χ2n) is 3.39. The maximum absolute atomic E-state index is 8.83. The highest BCUT2D eigenvalue weighted by molar-refractivity contribution is 7.80. The molecule has 0 aliphatic carbocycles. The van der Waals surface area contributed by atoms with Crippen molar-refractivity contribution in [1.29, 1.82) is 5.26 Å². The third-order valence-corrected chi connectivity index (χ3v) is 2.34. The summed E-state index contributed by atoms with van der Waals surface area (Å²) in [5.74, 6) is 0. The van der Waals surface area contributed by atoms with Gasteiger partial charge in [-0.05, 0) is 31.1 Å². The van der Waals surface area contributed by atoms with Crippen LogP contribution in [0.15, 0.2) is 23.8 Å². The first-order valence-electron chi connectivity index (χ1n) is 4.53. The molecule has 1 aromatic rings. The van der Waals surface area contributed by atoms with Crippen LogP contribution < -0.4 is 5.73 Å². The van der Waals surface area contributed by atoms with Crippen LogP contribution in [0.4, 0.5) is 0 Å². The van der Waals surface area contributed by atoms with Gasteiger partial charge in [0.15, 0.2) is 0 Å². The van der Waals surface area contributed by atoms with Gasteiger partial charge in [-0.3, -0.25) is 0 Å². The maximum atomic E-state index is 8.83. The second kappa shape index (κ2) is 4.72. The number of nitrogens with zero attached hydrogens (tertiary/aromatic N) is 1. The van der Waals surface area contributed by atoms with E-state index in [-0.39, 0.29) is 4.99 Å². The Bertz CT molecular complexity index is 467. The lowest BCUT2D eigenvalue weighted by Gasteiger charge is -2.02. The molecule has 0 aliphatic rings. The summed E-state index contributed by atoms with van der Waals surface area (Å²) in [5.41, 5.74) is 9.00. The molecule has 0 aromatic heterocycles. The molecule has 3 heteroatoms. The van der Waals surface area contributed by atoms with Gasteiger partial charge in [-0.1, -0.05) is 36.0 Å². The van der Waals surface area contributed by atoms with Gasteiger partial charge in [-0.2, -0.15) is 5.26 Å². The minimum absolute atomic E-state index is 0.137. The van der Waals surface area contributed by atoms with Crippen molar-refractivity contribution in [2.24, 2.45) is 5.73 Å². The molecule has 0 heterocycles. The Balaban J connectivity index is 3.23. The summed E-state index contributed by atoms with van der Waals surface area (Å²) in [6.07, 6.45) is 1.73. The van der Waals surface area contributed by atoms with E-state index in [0.29, 0.717) is 5.57 Å². The lowest BCUT2D eigenvalue weighted by atomic mass is 10.0. The second-order valence-corrected chi connectivity index (χ2v) is 3.83. The van der Waals surface area contributed by atoms with Gasteiger partial charge in [-0.15, -0.1) is 0 Å². The molecule has 1 rings (SSSR count). The molecule has 0 atom stereocenters. The average Bonchev–Trinajstić information content (AvgIpc) is 2.18. The van der Waals surface area contributed by atoms with Crippen molar-refractivity contribution in [2.45, 2.75) is 13.8 Å². The standard InChI is InChI=1S/C12H12N2S/c1-8-3-4-9(2)10(5-8)6-11(7-13)12(14)15/h3-6H,1-2H3,(H2,14,15). The normalized spacial score (nSPS) is 10.9. The number of hydrogen-bond donors (Lipinski definition) is 1. The number of rotatable bonds is 2. The third kappa shape index (κ3) is 2.90.